The minimum atomic E-state index is 0.632. The summed E-state index contributed by atoms with van der Waals surface area (Å²) >= 11 is 3.42. The van der Waals surface area contributed by atoms with Gasteiger partial charge in [0.05, 0.1) is 10.6 Å². The number of nitrogens with zero attached hydrogens (tertiary/aromatic N) is 3. The summed E-state index contributed by atoms with van der Waals surface area (Å²) in [6.07, 6.45) is 4.53. The van der Waals surface area contributed by atoms with E-state index in [2.05, 4.69) is 39.4 Å². The zero-order chi connectivity index (χ0) is 13.9. The zero-order valence-corrected chi connectivity index (χ0v) is 13.6. The first-order valence-electron chi connectivity index (χ1n) is 7.13. The highest BCUT2D eigenvalue weighted by Gasteiger charge is 2.17. The molecular weight excluding hydrogens is 288 g/mol. The van der Waals surface area contributed by atoms with Gasteiger partial charge < -0.3 is 10.2 Å². The van der Waals surface area contributed by atoms with Crippen LogP contribution < -0.4 is 10.2 Å². The second-order valence-electron chi connectivity index (χ2n) is 5.51. The van der Waals surface area contributed by atoms with Gasteiger partial charge in [0.2, 0.25) is 0 Å². The van der Waals surface area contributed by atoms with E-state index in [1.54, 1.807) is 22.7 Å². The fourth-order valence-corrected chi connectivity index (χ4v) is 3.92. The van der Waals surface area contributed by atoms with Gasteiger partial charge in [-0.1, -0.05) is 25.2 Å². The zero-order valence-electron chi connectivity index (χ0n) is 11.9. The lowest BCUT2D eigenvalue weighted by atomic mass is 10.2. The van der Waals surface area contributed by atoms with E-state index in [4.69, 9.17) is 0 Å². The third-order valence-corrected chi connectivity index (χ3v) is 5.17. The van der Waals surface area contributed by atoms with E-state index >= 15 is 0 Å². The van der Waals surface area contributed by atoms with Crippen LogP contribution in [0.25, 0.3) is 10.6 Å². The van der Waals surface area contributed by atoms with Crippen molar-refractivity contribution < 1.29 is 0 Å². The van der Waals surface area contributed by atoms with Crippen molar-refractivity contribution in [2.75, 3.05) is 29.9 Å². The van der Waals surface area contributed by atoms with Crippen LogP contribution in [-0.2, 0) is 0 Å². The molecule has 0 aliphatic carbocycles. The van der Waals surface area contributed by atoms with Crippen molar-refractivity contribution in [3.05, 3.63) is 11.6 Å². The van der Waals surface area contributed by atoms with Gasteiger partial charge >= 0.3 is 0 Å². The Balaban J connectivity index is 1.69. The van der Waals surface area contributed by atoms with Crippen molar-refractivity contribution in [1.29, 1.82) is 0 Å². The van der Waals surface area contributed by atoms with E-state index in [1.165, 1.54) is 17.7 Å². The summed E-state index contributed by atoms with van der Waals surface area (Å²) in [6.45, 7) is 7.66. The van der Waals surface area contributed by atoms with Gasteiger partial charge in [-0.3, -0.25) is 0 Å². The number of aromatic nitrogens is 2. The average molecular weight is 308 g/mol. The Morgan fingerprint density at radius 2 is 2.15 bits per heavy atom. The van der Waals surface area contributed by atoms with E-state index in [1.807, 2.05) is 6.20 Å². The summed E-state index contributed by atoms with van der Waals surface area (Å²) in [5.74, 6) is 0.632. The summed E-state index contributed by atoms with van der Waals surface area (Å²) in [7, 11) is 0. The molecule has 0 amide bonds. The van der Waals surface area contributed by atoms with Crippen LogP contribution in [0.4, 0.5) is 10.3 Å². The van der Waals surface area contributed by atoms with Crippen LogP contribution in [0.5, 0.6) is 0 Å². The Bertz CT molecular complexity index is 555. The van der Waals surface area contributed by atoms with Gasteiger partial charge in [0.1, 0.15) is 0 Å². The Hall–Kier alpha value is -1.14. The number of rotatable bonds is 5. The topological polar surface area (TPSA) is 41.1 Å². The molecule has 1 N–H and O–H groups in total. The lowest BCUT2D eigenvalue weighted by molar-refractivity contribution is 0.688. The van der Waals surface area contributed by atoms with Crippen LogP contribution in [0.15, 0.2) is 11.6 Å². The average Bonchev–Trinajstić information content (AvgIpc) is 3.15. The summed E-state index contributed by atoms with van der Waals surface area (Å²) in [6, 6.07) is 0. The minimum absolute atomic E-state index is 0.632. The molecule has 108 valence electrons. The predicted octanol–water partition coefficient (Wildman–Crippen LogP) is 3.93. The van der Waals surface area contributed by atoms with Gasteiger partial charge in [0.25, 0.3) is 0 Å². The van der Waals surface area contributed by atoms with Crippen molar-refractivity contribution in [3.63, 3.8) is 0 Å². The minimum Gasteiger partial charge on any atom is -0.361 e. The Morgan fingerprint density at radius 1 is 1.35 bits per heavy atom. The Morgan fingerprint density at radius 3 is 2.90 bits per heavy atom. The van der Waals surface area contributed by atoms with Crippen LogP contribution in [0.2, 0.25) is 0 Å². The molecule has 0 bridgehead atoms. The lowest BCUT2D eigenvalue weighted by Gasteiger charge is -2.11. The van der Waals surface area contributed by atoms with Crippen LogP contribution >= 0.6 is 22.7 Å². The van der Waals surface area contributed by atoms with Gasteiger partial charge in [-0.15, -0.1) is 11.3 Å². The van der Waals surface area contributed by atoms with Crippen molar-refractivity contribution >= 4 is 32.9 Å². The molecule has 4 nitrogen and oxygen atoms in total. The molecule has 20 heavy (non-hydrogen) atoms. The molecule has 0 aromatic carbocycles. The highest BCUT2D eigenvalue weighted by atomic mass is 32.1. The predicted molar refractivity (Wildman–Crippen MR) is 88.0 cm³/mol. The molecule has 1 saturated heterocycles. The highest BCUT2D eigenvalue weighted by Crippen LogP contribution is 2.34. The van der Waals surface area contributed by atoms with Crippen LogP contribution in [0.3, 0.4) is 0 Å². The summed E-state index contributed by atoms with van der Waals surface area (Å²) in [5, 5.41) is 7.64. The van der Waals surface area contributed by atoms with Crippen molar-refractivity contribution in [2.45, 2.75) is 26.7 Å². The molecular formula is C14H20N4S2. The van der Waals surface area contributed by atoms with Gasteiger partial charge in [-0.25, -0.2) is 9.97 Å². The Kier molecular flexibility index (Phi) is 4.21. The summed E-state index contributed by atoms with van der Waals surface area (Å²) in [4.78, 5) is 12.7. The molecule has 1 aliphatic heterocycles. The van der Waals surface area contributed by atoms with Crippen molar-refractivity contribution in [1.82, 2.24) is 9.97 Å². The molecule has 1 fully saturated rings. The maximum Gasteiger partial charge on any atom is 0.185 e. The van der Waals surface area contributed by atoms with E-state index in [9.17, 15) is 0 Å². The van der Waals surface area contributed by atoms with Gasteiger partial charge in [0, 0.05) is 31.2 Å². The summed E-state index contributed by atoms with van der Waals surface area (Å²) < 4.78 is 0. The fourth-order valence-electron chi connectivity index (χ4n) is 2.20. The van der Waals surface area contributed by atoms with Gasteiger partial charge in [-0.2, -0.15) is 0 Å². The molecule has 6 heteroatoms. The molecule has 0 spiro atoms. The van der Waals surface area contributed by atoms with Crippen molar-refractivity contribution in [3.8, 4) is 10.6 Å². The first kappa shape index (κ1) is 13.8. The molecule has 3 heterocycles. The monoisotopic (exact) mass is 308 g/mol. The largest absolute Gasteiger partial charge is 0.361 e. The maximum absolute atomic E-state index is 4.65. The standard InChI is InChI=1S/C14H20N4S2/c1-10(2)7-15-13-17-11(9-19-13)12-8-16-14(20-12)18-5-3-4-6-18/h8-10H,3-7H2,1-2H3,(H,15,17). The smallest absolute Gasteiger partial charge is 0.185 e. The first-order valence-corrected chi connectivity index (χ1v) is 8.82. The van der Waals surface area contributed by atoms with Crippen LogP contribution in [0, 0.1) is 5.92 Å². The number of nitrogens with one attached hydrogen (secondary N) is 1. The Labute approximate surface area is 127 Å². The van der Waals surface area contributed by atoms with Crippen molar-refractivity contribution in [2.24, 2.45) is 5.92 Å². The first-order chi connectivity index (χ1) is 9.72. The third-order valence-electron chi connectivity index (χ3n) is 3.29. The van der Waals surface area contributed by atoms with E-state index < -0.39 is 0 Å². The summed E-state index contributed by atoms with van der Waals surface area (Å²) in [5.41, 5.74) is 1.05. The van der Waals surface area contributed by atoms with E-state index in [0.29, 0.717) is 5.92 Å². The number of anilines is 2. The molecule has 0 saturated carbocycles. The van der Waals surface area contributed by atoms with Gasteiger partial charge in [-0.05, 0) is 18.8 Å². The van der Waals surface area contributed by atoms with Crippen LogP contribution in [0.1, 0.15) is 26.7 Å². The lowest BCUT2D eigenvalue weighted by Crippen LogP contribution is -2.16. The van der Waals surface area contributed by atoms with E-state index in [0.717, 1.165) is 35.6 Å². The molecule has 0 atom stereocenters. The number of hydrogen-bond donors (Lipinski definition) is 1. The molecule has 0 radical (unpaired) electrons. The molecule has 0 unspecified atom stereocenters. The van der Waals surface area contributed by atoms with Gasteiger partial charge in [0.15, 0.2) is 10.3 Å². The molecule has 2 aromatic rings. The quantitative estimate of drug-likeness (QED) is 0.908. The third kappa shape index (κ3) is 3.12. The highest BCUT2D eigenvalue weighted by molar-refractivity contribution is 7.19. The number of hydrogen-bond acceptors (Lipinski definition) is 6. The number of thiazole rings is 2. The molecule has 3 rings (SSSR count). The molecule has 2 aromatic heterocycles. The molecule has 1 aliphatic rings. The van der Waals surface area contributed by atoms with Crippen LogP contribution in [-0.4, -0.2) is 29.6 Å². The second-order valence-corrected chi connectivity index (χ2v) is 7.38. The SMILES string of the molecule is CC(C)CNc1nc(-c2cnc(N3CCCC3)s2)cs1. The maximum atomic E-state index is 4.65. The van der Waals surface area contributed by atoms with E-state index in [-0.39, 0.29) is 0 Å². The second kappa shape index (κ2) is 6.10. The fraction of sp³-hybridized carbons (Fsp3) is 0.571. The normalized spacial score (nSPS) is 15.2.